The number of rotatable bonds is 5. The number of nitriles is 1. The predicted octanol–water partition coefficient (Wildman–Crippen LogP) is 1.50. The van der Waals surface area contributed by atoms with E-state index in [1.54, 1.807) is 0 Å². The van der Waals surface area contributed by atoms with Gasteiger partial charge in [0.1, 0.15) is 18.0 Å². The highest BCUT2D eigenvalue weighted by Gasteiger charge is 2.10. The Morgan fingerprint density at radius 1 is 1.56 bits per heavy atom. The van der Waals surface area contributed by atoms with Crippen LogP contribution in [0.2, 0.25) is 0 Å². The van der Waals surface area contributed by atoms with Crippen LogP contribution in [0.1, 0.15) is 13.8 Å². The van der Waals surface area contributed by atoms with Crippen LogP contribution in [0.3, 0.4) is 0 Å². The zero-order chi connectivity index (χ0) is 12.0. The molecular formula is C11H17N5. The summed E-state index contributed by atoms with van der Waals surface area (Å²) in [6.45, 7) is 5.47. The smallest absolute Gasteiger partial charge is 0.134 e. The molecule has 5 nitrogen and oxygen atoms in total. The summed E-state index contributed by atoms with van der Waals surface area (Å²) < 4.78 is 0. The van der Waals surface area contributed by atoms with Gasteiger partial charge in [-0.2, -0.15) is 5.26 Å². The van der Waals surface area contributed by atoms with E-state index in [1.165, 1.54) is 6.33 Å². The maximum Gasteiger partial charge on any atom is 0.134 e. The average molecular weight is 219 g/mol. The lowest BCUT2D eigenvalue weighted by molar-refractivity contribution is 0.679. The molecule has 0 aromatic carbocycles. The van der Waals surface area contributed by atoms with Crippen LogP contribution >= 0.6 is 0 Å². The minimum absolute atomic E-state index is 0.00653. The Morgan fingerprint density at radius 3 is 2.88 bits per heavy atom. The van der Waals surface area contributed by atoms with Gasteiger partial charge in [0, 0.05) is 26.2 Å². The van der Waals surface area contributed by atoms with Gasteiger partial charge >= 0.3 is 0 Å². The van der Waals surface area contributed by atoms with Crippen molar-refractivity contribution in [2.75, 3.05) is 30.4 Å². The van der Waals surface area contributed by atoms with E-state index in [0.717, 1.165) is 18.2 Å². The van der Waals surface area contributed by atoms with Gasteiger partial charge in [-0.15, -0.1) is 0 Å². The van der Waals surface area contributed by atoms with E-state index >= 15 is 0 Å². The van der Waals surface area contributed by atoms with E-state index in [1.807, 2.05) is 27.0 Å². The second kappa shape index (κ2) is 5.91. The van der Waals surface area contributed by atoms with Crippen molar-refractivity contribution in [3.05, 3.63) is 12.4 Å². The second-order valence-corrected chi connectivity index (χ2v) is 3.58. The fourth-order valence-electron chi connectivity index (χ4n) is 1.41. The second-order valence-electron chi connectivity index (χ2n) is 3.58. The standard InChI is InChI=1S/C11H17N5/c1-4-16(7-9(2)6-12)11-5-10(13-3)14-8-15-11/h5,8-9H,4,7H2,1-3H3,(H,13,14,15). The topological polar surface area (TPSA) is 64.8 Å². The third-order valence-electron chi connectivity index (χ3n) is 2.33. The summed E-state index contributed by atoms with van der Waals surface area (Å²) in [6.07, 6.45) is 1.53. The van der Waals surface area contributed by atoms with Crippen LogP contribution in [0.15, 0.2) is 12.4 Å². The molecule has 0 saturated heterocycles. The van der Waals surface area contributed by atoms with Gasteiger partial charge in [-0.25, -0.2) is 9.97 Å². The van der Waals surface area contributed by atoms with Gasteiger partial charge in [0.2, 0.25) is 0 Å². The largest absolute Gasteiger partial charge is 0.373 e. The van der Waals surface area contributed by atoms with Crippen molar-refractivity contribution in [1.82, 2.24) is 9.97 Å². The van der Waals surface area contributed by atoms with E-state index < -0.39 is 0 Å². The lowest BCUT2D eigenvalue weighted by Gasteiger charge is -2.23. The van der Waals surface area contributed by atoms with Crippen molar-refractivity contribution < 1.29 is 0 Å². The Balaban J connectivity index is 2.82. The monoisotopic (exact) mass is 219 g/mol. The van der Waals surface area contributed by atoms with Gasteiger partial charge in [0.25, 0.3) is 0 Å². The first-order valence-corrected chi connectivity index (χ1v) is 5.35. The third kappa shape index (κ3) is 3.09. The fourth-order valence-corrected chi connectivity index (χ4v) is 1.41. The van der Waals surface area contributed by atoms with E-state index in [0.29, 0.717) is 6.54 Å². The number of hydrogen-bond acceptors (Lipinski definition) is 5. The first kappa shape index (κ1) is 12.2. The molecular weight excluding hydrogens is 202 g/mol. The Bertz CT molecular complexity index is 371. The van der Waals surface area contributed by atoms with Crippen molar-refractivity contribution >= 4 is 11.6 Å². The van der Waals surface area contributed by atoms with E-state index in [-0.39, 0.29) is 5.92 Å². The highest BCUT2D eigenvalue weighted by atomic mass is 15.2. The molecule has 1 aromatic rings. The molecule has 5 heteroatoms. The van der Waals surface area contributed by atoms with Crippen LogP contribution in [-0.4, -0.2) is 30.1 Å². The molecule has 0 aliphatic carbocycles. The summed E-state index contributed by atoms with van der Waals surface area (Å²) >= 11 is 0. The minimum atomic E-state index is -0.00653. The van der Waals surface area contributed by atoms with Crippen LogP contribution in [0.4, 0.5) is 11.6 Å². The summed E-state index contributed by atoms with van der Waals surface area (Å²) in [7, 11) is 1.82. The van der Waals surface area contributed by atoms with Crippen LogP contribution in [0.5, 0.6) is 0 Å². The summed E-state index contributed by atoms with van der Waals surface area (Å²) in [5.74, 6) is 1.63. The minimum Gasteiger partial charge on any atom is -0.373 e. The average Bonchev–Trinajstić information content (AvgIpc) is 2.35. The first-order valence-electron chi connectivity index (χ1n) is 5.35. The summed E-state index contributed by atoms with van der Waals surface area (Å²) in [6, 6.07) is 4.11. The van der Waals surface area contributed by atoms with Gasteiger partial charge in [-0.3, -0.25) is 0 Å². The molecule has 1 N–H and O–H groups in total. The number of nitrogens with zero attached hydrogens (tertiary/aromatic N) is 4. The Labute approximate surface area is 96.1 Å². The van der Waals surface area contributed by atoms with Crippen LogP contribution in [-0.2, 0) is 0 Å². The van der Waals surface area contributed by atoms with E-state index in [9.17, 15) is 0 Å². The summed E-state index contributed by atoms with van der Waals surface area (Å²) in [5.41, 5.74) is 0. The zero-order valence-corrected chi connectivity index (χ0v) is 9.94. The lowest BCUT2D eigenvalue weighted by Crippen LogP contribution is -2.28. The lowest BCUT2D eigenvalue weighted by atomic mass is 10.2. The highest BCUT2D eigenvalue weighted by Crippen LogP contribution is 2.14. The van der Waals surface area contributed by atoms with Crippen LogP contribution in [0.25, 0.3) is 0 Å². The maximum absolute atomic E-state index is 8.81. The SMILES string of the molecule is CCN(CC(C)C#N)c1cc(NC)ncn1. The predicted molar refractivity (Wildman–Crippen MR) is 64.2 cm³/mol. The Kier molecular flexibility index (Phi) is 4.52. The Hall–Kier alpha value is -1.83. The number of nitrogens with one attached hydrogen (secondary N) is 1. The van der Waals surface area contributed by atoms with Crippen molar-refractivity contribution in [3.8, 4) is 6.07 Å². The summed E-state index contributed by atoms with van der Waals surface area (Å²) in [4.78, 5) is 10.3. The van der Waals surface area contributed by atoms with Crippen molar-refractivity contribution in [1.29, 1.82) is 5.26 Å². The van der Waals surface area contributed by atoms with Gasteiger partial charge < -0.3 is 10.2 Å². The fraction of sp³-hybridized carbons (Fsp3) is 0.545. The third-order valence-corrected chi connectivity index (χ3v) is 2.33. The van der Waals surface area contributed by atoms with E-state index in [2.05, 4.69) is 26.3 Å². The van der Waals surface area contributed by atoms with Crippen LogP contribution in [0, 0.1) is 17.2 Å². The van der Waals surface area contributed by atoms with Gasteiger partial charge in [-0.05, 0) is 13.8 Å². The van der Waals surface area contributed by atoms with Gasteiger partial charge in [0.05, 0.1) is 12.0 Å². The molecule has 0 saturated carbocycles. The van der Waals surface area contributed by atoms with Crippen molar-refractivity contribution in [2.45, 2.75) is 13.8 Å². The van der Waals surface area contributed by atoms with Gasteiger partial charge in [-0.1, -0.05) is 0 Å². The van der Waals surface area contributed by atoms with Gasteiger partial charge in [0.15, 0.2) is 0 Å². The molecule has 0 amide bonds. The molecule has 86 valence electrons. The molecule has 1 aromatic heterocycles. The quantitative estimate of drug-likeness (QED) is 0.813. The zero-order valence-electron chi connectivity index (χ0n) is 9.94. The maximum atomic E-state index is 8.81. The molecule has 1 atom stereocenters. The molecule has 1 heterocycles. The molecule has 0 aliphatic heterocycles. The van der Waals surface area contributed by atoms with Crippen molar-refractivity contribution in [3.63, 3.8) is 0 Å². The normalized spacial score (nSPS) is 11.6. The molecule has 0 aliphatic rings. The number of hydrogen-bond donors (Lipinski definition) is 1. The molecule has 1 rings (SSSR count). The molecule has 0 fully saturated rings. The number of anilines is 2. The molecule has 0 bridgehead atoms. The summed E-state index contributed by atoms with van der Waals surface area (Å²) in [5, 5.41) is 11.8. The Morgan fingerprint density at radius 2 is 2.31 bits per heavy atom. The van der Waals surface area contributed by atoms with E-state index in [4.69, 9.17) is 5.26 Å². The van der Waals surface area contributed by atoms with Crippen LogP contribution < -0.4 is 10.2 Å². The first-order chi connectivity index (χ1) is 7.71. The number of aromatic nitrogens is 2. The molecule has 0 radical (unpaired) electrons. The van der Waals surface area contributed by atoms with Crippen molar-refractivity contribution in [2.24, 2.45) is 5.92 Å². The molecule has 1 unspecified atom stereocenters. The molecule has 0 spiro atoms. The highest BCUT2D eigenvalue weighted by molar-refractivity contribution is 5.48. The molecule has 16 heavy (non-hydrogen) atoms.